The van der Waals surface area contributed by atoms with Crippen LogP contribution < -0.4 is 21.3 Å². The molecule has 0 heterocycles. The molecule has 0 aromatic heterocycles. The van der Waals surface area contributed by atoms with Gasteiger partial charge in [-0.05, 0) is 88.0 Å². The second-order valence-corrected chi connectivity index (χ2v) is 20.1. The number of rotatable bonds is 41. The number of unbranched alkanes of at least 4 members (excludes halogenated alkanes) is 11. The van der Waals surface area contributed by atoms with Gasteiger partial charge in [0.05, 0.1) is 39.6 Å². The second kappa shape index (κ2) is 38.3. The summed E-state index contributed by atoms with van der Waals surface area (Å²) in [5.41, 5.74) is -2.14. The van der Waals surface area contributed by atoms with E-state index in [0.29, 0.717) is 12.8 Å². The Kier molecular flexibility index (Phi) is 35.9. The average Bonchev–Trinajstić information content (AvgIpc) is 3.23. The standard InChI is InChI=1S/C50H90N4O16/c1-48(2,3)68-45(61)23-21-19-17-15-13-11-10-12-14-16-18-20-22-41(56)53-39(47(63)70-50(7,8)9)25-27-42(57)54-38(46(62)69-49(4,5)6)24-26-40(55)51-28-30-64-32-34-66-36-43(58)52-29-31-65-33-35-67-37-44(59)60/h38-39H,10-37H2,1-9H3,(H,51,55)(H,52,58)(H,53,56)(H,54,57)(H,59,60)/t38-,39-/m0/s1. The molecule has 4 amide bonds. The highest BCUT2D eigenvalue weighted by molar-refractivity contribution is 5.87. The molecule has 0 aliphatic heterocycles. The number of carbonyl (C=O) groups excluding carboxylic acids is 7. The highest BCUT2D eigenvalue weighted by atomic mass is 16.6. The van der Waals surface area contributed by atoms with E-state index in [1.165, 1.54) is 12.8 Å². The van der Waals surface area contributed by atoms with Crippen molar-refractivity contribution in [2.45, 2.75) is 207 Å². The van der Waals surface area contributed by atoms with Crippen LogP contribution in [0.25, 0.3) is 0 Å². The maximum Gasteiger partial charge on any atom is 0.329 e. The lowest BCUT2D eigenvalue weighted by Crippen LogP contribution is -2.47. The van der Waals surface area contributed by atoms with E-state index in [1.54, 1.807) is 41.5 Å². The molecule has 70 heavy (non-hydrogen) atoms. The van der Waals surface area contributed by atoms with Crippen LogP contribution in [0.4, 0.5) is 0 Å². The fourth-order valence-corrected chi connectivity index (χ4v) is 6.47. The van der Waals surface area contributed by atoms with Crippen LogP contribution in [-0.2, 0) is 71.5 Å². The summed E-state index contributed by atoms with van der Waals surface area (Å²) in [6.45, 7) is 16.6. The molecule has 0 radical (unpaired) electrons. The topological polar surface area (TPSA) is 270 Å². The molecule has 0 aromatic rings. The van der Waals surface area contributed by atoms with Gasteiger partial charge in [0, 0.05) is 38.8 Å². The van der Waals surface area contributed by atoms with E-state index in [0.717, 1.165) is 57.8 Å². The molecule has 0 unspecified atom stereocenters. The molecular formula is C50H90N4O16. The fourth-order valence-electron chi connectivity index (χ4n) is 6.47. The van der Waals surface area contributed by atoms with E-state index in [-0.39, 0.29) is 109 Å². The molecule has 0 aliphatic rings. The van der Waals surface area contributed by atoms with E-state index in [1.807, 2.05) is 20.8 Å². The van der Waals surface area contributed by atoms with Crippen molar-refractivity contribution in [3.05, 3.63) is 0 Å². The van der Waals surface area contributed by atoms with Crippen LogP contribution in [0.5, 0.6) is 0 Å². The maximum absolute atomic E-state index is 13.2. The molecule has 0 aromatic carbocycles. The Morgan fingerprint density at radius 3 is 1.19 bits per heavy atom. The molecule has 0 spiro atoms. The second-order valence-electron chi connectivity index (χ2n) is 20.1. The number of amides is 4. The Morgan fingerprint density at radius 2 is 0.757 bits per heavy atom. The van der Waals surface area contributed by atoms with Gasteiger partial charge in [-0.1, -0.05) is 64.2 Å². The molecule has 2 atom stereocenters. The van der Waals surface area contributed by atoms with Gasteiger partial charge in [0.2, 0.25) is 23.6 Å². The predicted octanol–water partition coefficient (Wildman–Crippen LogP) is 5.39. The Bertz CT molecular complexity index is 1520. The summed E-state index contributed by atoms with van der Waals surface area (Å²) in [6.07, 6.45) is 12.7. The monoisotopic (exact) mass is 1000 g/mol. The van der Waals surface area contributed by atoms with E-state index >= 15 is 0 Å². The normalized spacial score (nSPS) is 12.6. The maximum atomic E-state index is 13.2. The Balaban J connectivity index is 4.65. The minimum Gasteiger partial charge on any atom is -0.480 e. The Morgan fingerprint density at radius 1 is 0.400 bits per heavy atom. The molecule has 0 rings (SSSR count). The minimum atomic E-state index is -1.16. The lowest BCUT2D eigenvalue weighted by molar-refractivity contribution is -0.160. The van der Waals surface area contributed by atoms with Crippen molar-refractivity contribution in [3.63, 3.8) is 0 Å². The first-order valence-corrected chi connectivity index (χ1v) is 25.2. The zero-order chi connectivity index (χ0) is 52.9. The zero-order valence-corrected chi connectivity index (χ0v) is 44.0. The summed E-state index contributed by atoms with van der Waals surface area (Å²) in [6, 6.07) is -2.26. The van der Waals surface area contributed by atoms with Crippen LogP contribution in [0.2, 0.25) is 0 Å². The van der Waals surface area contributed by atoms with Gasteiger partial charge in [-0.2, -0.15) is 0 Å². The molecule has 0 fully saturated rings. The number of aliphatic carboxylic acids is 1. The van der Waals surface area contributed by atoms with E-state index in [9.17, 15) is 38.4 Å². The van der Waals surface area contributed by atoms with Crippen molar-refractivity contribution in [3.8, 4) is 0 Å². The van der Waals surface area contributed by atoms with Crippen LogP contribution in [0, 0.1) is 0 Å². The number of ether oxygens (including phenoxy) is 7. The van der Waals surface area contributed by atoms with Crippen molar-refractivity contribution in [2.75, 3.05) is 65.9 Å². The van der Waals surface area contributed by atoms with Gasteiger partial charge >= 0.3 is 23.9 Å². The summed E-state index contributed by atoms with van der Waals surface area (Å²) in [5.74, 6) is -4.23. The van der Waals surface area contributed by atoms with Gasteiger partial charge in [0.1, 0.15) is 42.1 Å². The van der Waals surface area contributed by atoms with Crippen molar-refractivity contribution < 1.29 is 76.6 Å². The molecule has 20 nitrogen and oxygen atoms in total. The quantitative estimate of drug-likeness (QED) is 0.0292. The van der Waals surface area contributed by atoms with Crippen molar-refractivity contribution in [1.29, 1.82) is 0 Å². The fraction of sp³-hybridized carbons (Fsp3) is 0.840. The lowest BCUT2D eigenvalue weighted by atomic mass is 10.0. The van der Waals surface area contributed by atoms with Crippen molar-refractivity contribution in [2.24, 2.45) is 0 Å². The largest absolute Gasteiger partial charge is 0.480 e. The van der Waals surface area contributed by atoms with E-state index in [4.69, 9.17) is 38.3 Å². The number of carboxylic acids is 1. The first-order valence-electron chi connectivity index (χ1n) is 25.2. The first kappa shape index (κ1) is 65.6. The predicted molar refractivity (Wildman–Crippen MR) is 261 cm³/mol. The molecule has 0 saturated carbocycles. The average molecular weight is 1000 g/mol. The molecule has 20 heteroatoms. The summed E-state index contributed by atoms with van der Waals surface area (Å²) < 4.78 is 37.2. The molecule has 0 saturated heterocycles. The Hall–Kier alpha value is -4.40. The molecular weight excluding hydrogens is 913 g/mol. The zero-order valence-electron chi connectivity index (χ0n) is 44.0. The van der Waals surface area contributed by atoms with Crippen LogP contribution in [0.1, 0.15) is 178 Å². The number of hydrogen-bond acceptors (Lipinski definition) is 15. The summed E-state index contributed by atoms with van der Waals surface area (Å²) in [4.78, 5) is 99.2. The number of hydrogen-bond donors (Lipinski definition) is 5. The third-order valence-corrected chi connectivity index (χ3v) is 9.67. The van der Waals surface area contributed by atoms with Gasteiger partial charge in [-0.3, -0.25) is 24.0 Å². The molecule has 0 bridgehead atoms. The third kappa shape index (κ3) is 43.6. The summed E-state index contributed by atoms with van der Waals surface area (Å²) >= 11 is 0. The number of nitrogens with one attached hydrogen (secondary N) is 4. The van der Waals surface area contributed by atoms with Gasteiger partial charge in [0.25, 0.3) is 0 Å². The highest BCUT2D eigenvalue weighted by Crippen LogP contribution is 2.16. The van der Waals surface area contributed by atoms with E-state index < -0.39 is 65.2 Å². The van der Waals surface area contributed by atoms with Crippen LogP contribution in [-0.4, -0.2) is 147 Å². The molecule has 0 aliphatic carbocycles. The van der Waals surface area contributed by atoms with Crippen LogP contribution in [0.3, 0.4) is 0 Å². The van der Waals surface area contributed by atoms with Crippen LogP contribution in [0.15, 0.2) is 0 Å². The first-order chi connectivity index (χ1) is 32.9. The van der Waals surface area contributed by atoms with Crippen molar-refractivity contribution in [1.82, 2.24) is 21.3 Å². The number of carbonyl (C=O) groups is 8. The van der Waals surface area contributed by atoms with Gasteiger partial charge in [-0.15, -0.1) is 0 Å². The summed E-state index contributed by atoms with van der Waals surface area (Å²) in [5, 5.41) is 19.2. The SMILES string of the molecule is CC(C)(C)OC(=O)CCCCCCCCCCCCCCC(=O)N[C@@H](CCC(=O)N[C@@H](CCC(=O)NCCOCCOCC(=O)NCCOCCOCC(=O)O)C(=O)OC(C)(C)C)C(=O)OC(C)(C)C. The molecule has 5 N–H and O–H groups in total. The third-order valence-electron chi connectivity index (χ3n) is 9.67. The van der Waals surface area contributed by atoms with Crippen LogP contribution >= 0.6 is 0 Å². The van der Waals surface area contributed by atoms with Gasteiger partial charge in [0.15, 0.2) is 0 Å². The van der Waals surface area contributed by atoms with Crippen molar-refractivity contribution >= 4 is 47.5 Å². The van der Waals surface area contributed by atoms with Gasteiger partial charge < -0.3 is 59.5 Å². The Labute approximate surface area is 417 Å². The molecule has 406 valence electrons. The van der Waals surface area contributed by atoms with Gasteiger partial charge in [-0.25, -0.2) is 14.4 Å². The number of carboxylic acid groups (broad SMARTS) is 1. The minimum absolute atomic E-state index is 0.0667. The summed E-state index contributed by atoms with van der Waals surface area (Å²) in [7, 11) is 0. The number of esters is 3. The smallest absolute Gasteiger partial charge is 0.329 e. The lowest BCUT2D eigenvalue weighted by Gasteiger charge is -2.26. The highest BCUT2D eigenvalue weighted by Gasteiger charge is 2.30. The van der Waals surface area contributed by atoms with E-state index in [2.05, 4.69) is 21.3 Å².